The maximum absolute atomic E-state index is 3.20. The average molecular weight is 274 g/mol. The van der Waals surface area contributed by atoms with Gasteiger partial charge in [0.05, 0.1) is 0 Å². The van der Waals surface area contributed by atoms with Gasteiger partial charge >= 0.3 is 0 Å². The third kappa shape index (κ3) is 4.32. The van der Waals surface area contributed by atoms with E-state index in [-0.39, 0.29) is 0 Å². The Morgan fingerprint density at radius 2 is 1.75 bits per heavy atom. The minimum absolute atomic E-state index is 0.771. The standard InChI is InChI=1S/C18H30N2/c1-15-6-4-5-7-18(15)20(3)14-17-10-8-16(9-11-17)12-13-19-2/h8-11,15,18-19H,4-7,12-14H2,1-3H3. The van der Waals surface area contributed by atoms with Crippen LogP contribution in [0.3, 0.4) is 0 Å². The molecule has 0 aliphatic heterocycles. The van der Waals surface area contributed by atoms with Crippen molar-refractivity contribution in [3.63, 3.8) is 0 Å². The molecule has 2 nitrogen and oxygen atoms in total. The summed E-state index contributed by atoms with van der Waals surface area (Å²) in [5.74, 6) is 0.851. The van der Waals surface area contributed by atoms with Gasteiger partial charge in [-0.1, -0.05) is 44.0 Å². The highest BCUT2D eigenvalue weighted by Gasteiger charge is 2.24. The first-order chi connectivity index (χ1) is 9.70. The molecule has 20 heavy (non-hydrogen) atoms. The molecule has 0 bridgehead atoms. The summed E-state index contributed by atoms with van der Waals surface area (Å²) in [6, 6.07) is 9.94. The summed E-state index contributed by atoms with van der Waals surface area (Å²) in [4.78, 5) is 2.56. The van der Waals surface area contributed by atoms with Crippen molar-refractivity contribution in [3.05, 3.63) is 35.4 Å². The molecule has 0 saturated heterocycles. The van der Waals surface area contributed by atoms with Gasteiger partial charge in [0, 0.05) is 12.6 Å². The number of nitrogens with one attached hydrogen (secondary N) is 1. The largest absolute Gasteiger partial charge is 0.319 e. The van der Waals surface area contributed by atoms with E-state index in [4.69, 9.17) is 0 Å². The van der Waals surface area contributed by atoms with Crippen molar-refractivity contribution in [3.8, 4) is 0 Å². The lowest BCUT2D eigenvalue weighted by atomic mass is 9.85. The normalized spacial score (nSPS) is 23.2. The Hall–Kier alpha value is -0.860. The van der Waals surface area contributed by atoms with E-state index in [9.17, 15) is 0 Å². The second kappa shape index (κ2) is 7.80. The van der Waals surface area contributed by atoms with Crippen molar-refractivity contribution >= 4 is 0 Å². The summed E-state index contributed by atoms with van der Waals surface area (Å²) >= 11 is 0. The van der Waals surface area contributed by atoms with Crippen LogP contribution < -0.4 is 5.32 Å². The fourth-order valence-corrected chi connectivity index (χ4v) is 3.44. The summed E-state index contributed by atoms with van der Waals surface area (Å²) in [5.41, 5.74) is 2.87. The number of hydrogen-bond donors (Lipinski definition) is 1. The molecule has 0 heterocycles. The van der Waals surface area contributed by atoms with Gasteiger partial charge in [0.15, 0.2) is 0 Å². The van der Waals surface area contributed by atoms with Crippen LogP contribution in [0.5, 0.6) is 0 Å². The van der Waals surface area contributed by atoms with Crippen molar-refractivity contribution in [2.24, 2.45) is 5.92 Å². The van der Waals surface area contributed by atoms with Gasteiger partial charge in [-0.05, 0) is 56.9 Å². The minimum atomic E-state index is 0.771. The van der Waals surface area contributed by atoms with Gasteiger partial charge in [0.1, 0.15) is 0 Å². The minimum Gasteiger partial charge on any atom is -0.319 e. The van der Waals surface area contributed by atoms with Crippen LogP contribution in [0.25, 0.3) is 0 Å². The second-order valence-electron chi connectivity index (χ2n) is 6.41. The molecule has 2 heteroatoms. The Kier molecular flexibility index (Phi) is 6.06. The van der Waals surface area contributed by atoms with Crippen molar-refractivity contribution in [2.75, 3.05) is 20.6 Å². The summed E-state index contributed by atoms with van der Waals surface area (Å²) in [5, 5.41) is 3.20. The first-order valence-corrected chi connectivity index (χ1v) is 8.13. The quantitative estimate of drug-likeness (QED) is 0.854. The summed E-state index contributed by atoms with van der Waals surface area (Å²) < 4.78 is 0. The number of benzene rings is 1. The molecular formula is C18H30N2. The van der Waals surface area contributed by atoms with Gasteiger partial charge < -0.3 is 5.32 Å². The summed E-state index contributed by atoms with van der Waals surface area (Å²) in [6.45, 7) is 4.56. The highest BCUT2D eigenvalue weighted by molar-refractivity contribution is 5.22. The molecule has 0 amide bonds. The van der Waals surface area contributed by atoms with E-state index in [1.165, 1.54) is 36.8 Å². The van der Waals surface area contributed by atoms with E-state index in [0.717, 1.165) is 31.5 Å². The molecule has 112 valence electrons. The lowest BCUT2D eigenvalue weighted by Gasteiger charge is -2.36. The van der Waals surface area contributed by atoms with E-state index in [1.807, 2.05) is 7.05 Å². The molecule has 1 saturated carbocycles. The van der Waals surface area contributed by atoms with Gasteiger partial charge in [-0.3, -0.25) is 4.90 Å². The van der Waals surface area contributed by atoms with Gasteiger partial charge in [-0.15, -0.1) is 0 Å². The smallest absolute Gasteiger partial charge is 0.0233 e. The molecule has 2 rings (SSSR count). The molecule has 0 spiro atoms. The topological polar surface area (TPSA) is 15.3 Å². The van der Waals surface area contributed by atoms with Gasteiger partial charge in [0.25, 0.3) is 0 Å². The molecule has 0 radical (unpaired) electrons. The van der Waals surface area contributed by atoms with Crippen molar-refractivity contribution in [2.45, 2.75) is 51.6 Å². The summed E-state index contributed by atoms with van der Waals surface area (Å²) in [6.07, 6.45) is 6.72. The predicted molar refractivity (Wildman–Crippen MR) is 87.0 cm³/mol. The Morgan fingerprint density at radius 3 is 2.40 bits per heavy atom. The van der Waals surface area contributed by atoms with Crippen LogP contribution in [0, 0.1) is 5.92 Å². The van der Waals surface area contributed by atoms with Crippen molar-refractivity contribution < 1.29 is 0 Å². The van der Waals surface area contributed by atoms with Crippen LogP contribution in [0.1, 0.15) is 43.7 Å². The van der Waals surface area contributed by atoms with E-state index in [0.29, 0.717) is 0 Å². The lowest BCUT2D eigenvalue weighted by Crippen LogP contribution is -2.38. The maximum atomic E-state index is 3.20. The van der Waals surface area contributed by atoms with E-state index < -0.39 is 0 Å². The van der Waals surface area contributed by atoms with Crippen LogP contribution in [0.4, 0.5) is 0 Å². The van der Waals surface area contributed by atoms with Crippen LogP contribution in [0.2, 0.25) is 0 Å². The molecule has 1 aromatic carbocycles. The fraction of sp³-hybridized carbons (Fsp3) is 0.667. The van der Waals surface area contributed by atoms with Crippen LogP contribution >= 0.6 is 0 Å². The number of hydrogen-bond acceptors (Lipinski definition) is 2. The SMILES string of the molecule is CNCCc1ccc(CN(C)C2CCCCC2C)cc1. The van der Waals surface area contributed by atoms with E-state index in [1.54, 1.807) is 0 Å². The van der Waals surface area contributed by atoms with Crippen LogP contribution in [-0.2, 0) is 13.0 Å². The average Bonchev–Trinajstić information content (AvgIpc) is 2.47. The first kappa shape index (κ1) is 15.5. The Balaban J connectivity index is 1.88. The zero-order chi connectivity index (χ0) is 14.4. The second-order valence-corrected chi connectivity index (χ2v) is 6.41. The van der Waals surface area contributed by atoms with Gasteiger partial charge in [-0.25, -0.2) is 0 Å². The Morgan fingerprint density at radius 1 is 1.10 bits per heavy atom. The van der Waals surface area contributed by atoms with Gasteiger partial charge in [-0.2, -0.15) is 0 Å². The number of likely N-dealkylation sites (N-methyl/N-ethyl adjacent to an activating group) is 1. The number of rotatable bonds is 6. The zero-order valence-electron chi connectivity index (χ0n) is 13.4. The third-order valence-electron chi connectivity index (χ3n) is 4.75. The van der Waals surface area contributed by atoms with Crippen LogP contribution in [-0.4, -0.2) is 31.6 Å². The zero-order valence-corrected chi connectivity index (χ0v) is 13.4. The van der Waals surface area contributed by atoms with E-state index in [2.05, 4.69) is 48.5 Å². The highest BCUT2D eigenvalue weighted by atomic mass is 15.1. The molecule has 1 fully saturated rings. The summed E-state index contributed by atoms with van der Waals surface area (Å²) in [7, 11) is 4.30. The molecule has 1 aromatic rings. The molecule has 2 unspecified atom stereocenters. The van der Waals surface area contributed by atoms with Crippen molar-refractivity contribution in [1.29, 1.82) is 0 Å². The van der Waals surface area contributed by atoms with E-state index >= 15 is 0 Å². The van der Waals surface area contributed by atoms with Gasteiger partial charge in [0.2, 0.25) is 0 Å². The van der Waals surface area contributed by atoms with Crippen LogP contribution in [0.15, 0.2) is 24.3 Å². The Bertz CT molecular complexity index is 385. The monoisotopic (exact) mass is 274 g/mol. The first-order valence-electron chi connectivity index (χ1n) is 8.13. The predicted octanol–water partition coefficient (Wildman–Crippen LogP) is 3.46. The molecule has 0 aromatic heterocycles. The molecule has 1 aliphatic rings. The molecular weight excluding hydrogens is 244 g/mol. The lowest BCUT2D eigenvalue weighted by molar-refractivity contribution is 0.133. The molecule has 1 aliphatic carbocycles. The molecule has 2 atom stereocenters. The maximum Gasteiger partial charge on any atom is 0.0233 e. The number of nitrogens with zero attached hydrogens (tertiary/aromatic N) is 1. The third-order valence-corrected chi connectivity index (χ3v) is 4.75. The molecule has 1 N–H and O–H groups in total. The van der Waals surface area contributed by atoms with Crippen molar-refractivity contribution in [1.82, 2.24) is 10.2 Å². The Labute approximate surface area is 124 Å². The highest BCUT2D eigenvalue weighted by Crippen LogP contribution is 2.28. The fourth-order valence-electron chi connectivity index (χ4n) is 3.44.